The highest BCUT2D eigenvalue weighted by molar-refractivity contribution is 5.91. The molecule has 0 amide bonds. The number of nitrogens with zero attached hydrogens (tertiary/aromatic N) is 3. The molecule has 1 N–H and O–H groups in total. The van der Waals surface area contributed by atoms with Crippen molar-refractivity contribution in [3.05, 3.63) is 96.9 Å². The standard InChI is InChI=1S/C23H21FN4O3/c1-14-4-8-16(9-5-14)25-18-12-19(29)26(3)21-20(18)22(30)27(13-24)23(31)28(21)17-10-6-15(2)7-11-17/h4-12,25H,13H2,1-3H3. The minimum Gasteiger partial charge on any atom is -0.355 e. The van der Waals surface area contributed by atoms with Crippen molar-refractivity contribution in [1.29, 1.82) is 0 Å². The Bertz CT molecular complexity index is 1460. The zero-order valence-corrected chi connectivity index (χ0v) is 17.3. The summed E-state index contributed by atoms with van der Waals surface area (Å²) in [6.45, 7) is 2.55. The van der Waals surface area contributed by atoms with Crippen LogP contribution in [0.25, 0.3) is 16.7 Å². The molecule has 31 heavy (non-hydrogen) atoms. The van der Waals surface area contributed by atoms with Crippen molar-refractivity contribution in [1.82, 2.24) is 13.7 Å². The van der Waals surface area contributed by atoms with Crippen LogP contribution >= 0.6 is 0 Å². The quantitative estimate of drug-likeness (QED) is 0.550. The first kappa shape index (κ1) is 20.3. The molecule has 7 nitrogen and oxygen atoms in total. The van der Waals surface area contributed by atoms with Gasteiger partial charge in [0, 0.05) is 18.8 Å². The van der Waals surface area contributed by atoms with Gasteiger partial charge in [-0.15, -0.1) is 0 Å². The maximum atomic E-state index is 13.8. The summed E-state index contributed by atoms with van der Waals surface area (Å²) < 4.78 is 16.7. The summed E-state index contributed by atoms with van der Waals surface area (Å²) in [6, 6.07) is 15.6. The Morgan fingerprint density at radius 2 is 1.48 bits per heavy atom. The molecule has 0 spiro atoms. The Kier molecular flexibility index (Phi) is 5.06. The van der Waals surface area contributed by atoms with Gasteiger partial charge < -0.3 is 5.32 Å². The Hall–Kier alpha value is -3.94. The normalized spacial score (nSPS) is 11.1. The number of anilines is 2. The predicted octanol–water partition coefficient (Wildman–Crippen LogP) is 3.14. The minimum atomic E-state index is -1.29. The molecule has 4 aromatic rings. The van der Waals surface area contributed by atoms with Gasteiger partial charge in [-0.3, -0.25) is 14.2 Å². The van der Waals surface area contributed by atoms with Gasteiger partial charge in [-0.1, -0.05) is 35.4 Å². The van der Waals surface area contributed by atoms with Crippen LogP contribution in [-0.2, 0) is 13.8 Å². The number of nitrogens with one attached hydrogen (secondary N) is 1. The lowest BCUT2D eigenvalue weighted by atomic mass is 10.2. The fourth-order valence-corrected chi connectivity index (χ4v) is 3.51. The molecule has 0 unspecified atom stereocenters. The van der Waals surface area contributed by atoms with Crippen LogP contribution in [0.2, 0.25) is 0 Å². The second-order valence-corrected chi connectivity index (χ2v) is 7.45. The van der Waals surface area contributed by atoms with Gasteiger partial charge in [0.1, 0.15) is 11.0 Å². The second kappa shape index (κ2) is 7.71. The second-order valence-electron chi connectivity index (χ2n) is 7.45. The fraction of sp³-hybridized carbons (Fsp3) is 0.174. The number of fused-ring (bicyclic) bond motifs is 1. The number of alkyl halides is 1. The lowest BCUT2D eigenvalue weighted by molar-refractivity contribution is 0.356. The first-order chi connectivity index (χ1) is 14.8. The lowest BCUT2D eigenvalue weighted by Crippen LogP contribution is -2.41. The molecule has 0 saturated heterocycles. The molecule has 158 valence electrons. The highest BCUT2D eigenvalue weighted by Crippen LogP contribution is 2.23. The summed E-state index contributed by atoms with van der Waals surface area (Å²) in [4.78, 5) is 38.9. The summed E-state index contributed by atoms with van der Waals surface area (Å²) >= 11 is 0. The summed E-state index contributed by atoms with van der Waals surface area (Å²) in [6.07, 6.45) is 0. The van der Waals surface area contributed by atoms with E-state index in [2.05, 4.69) is 5.32 Å². The van der Waals surface area contributed by atoms with Gasteiger partial charge in [0.15, 0.2) is 6.80 Å². The van der Waals surface area contributed by atoms with E-state index in [1.807, 2.05) is 38.1 Å². The van der Waals surface area contributed by atoms with Crippen molar-refractivity contribution in [3.8, 4) is 5.69 Å². The van der Waals surface area contributed by atoms with Crippen molar-refractivity contribution in [3.63, 3.8) is 0 Å². The van der Waals surface area contributed by atoms with Gasteiger partial charge in [-0.2, -0.15) is 0 Å². The first-order valence-electron chi connectivity index (χ1n) is 9.68. The fourth-order valence-electron chi connectivity index (χ4n) is 3.51. The average Bonchev–Trinajstić information content (AvgIpc) is 2.74. The van der Waals surface area contributed by atoms with E-state index in [9.17, 15) is 18.8 Å². The van der Waals surface area contributed by atoms with E-state index >= 15 is 0 Å². The van der Waals surface area contributed by atoms with Crippen LogP contribution in [0, 0.1) is 13.8 Å². The Morgan fingerprint density at radius 1 is 0.903 bits per heavy atom. The van der Waals surface area contributed by atoms with Crippen molar-refractivity contribution < 1.29 is 4.39 Å². The largest absolute Gasteiger partial charge is 0.355 e. The molecule has 0 radical (unpaired) electrons. The number of pyridine rings is 1. The number of hydrogen-bond acceptors (Lipinski definition) is 4. The molecule has 0 aliphatic rings. The number of halogens is 1. The Labute approximate surface area is 176 Å². The Morgan fingerprint density at radius 3 is 2.06 bits per heavy atom. The molecule has 2 aromatic heterocycles. The highest BCUT2D eigenvalue weighted by atomic mass is 19.1. The summed E-state index contributed by atoms with van der Waals surface area (Å²) in [5.41, 5.74) is 1.30. The van der Waals surface area contributed by atoms with E-state index in [1.165, 1.54) is 22.2 Å². The van der Waals surface area contributed by atoms with Crippen LogP contribution in [0.1, 0.15) is 11.1 Å². The molecule has 0 fully saturated rings. The third kappa shape index (κ3) is 3.46. The molecule has 2 heterocycles. The SMILES string of the molecule is Cc1ccc(Nc2cc(=O)n(C)c3c2c(=O)n(CF)c(=O)n3-c2ccc(C)cc2)cc1. The van der Waals surface area contributed by atoms with Gasteiger partial charge in [-0.05, 0) is 38.1 Å². The maximum Gasteiger partial charge on any atom is 0.339 e. The minimum absolute atomic E-state index is 0.0421. The van der Waals surface area contributed by atoms with E-state index in [1.54, 1.807) is 24.3 Å². The van der Waals surface area contributed by atoms with Crippen LogP contribution in [0.5, 0.6) is 0 Å². The van der Waals surface area contributed by atoms with Gasteiger partial charge in [0.25, 0.3) is 11.1 Å². The molecule has 4 rings (SSSR count). The van der Waals surface area contributed by atoms with E-state index in [-0.39, 0.29) is 16.7 Å². The predicted molar refractivity (Wildman–Crippen MR) is 119 cm³/mol. The Balaban J connectivity index is 2.13. The van der Waals surface area contributed by atoms with Crippen LogP contribution < -0.4 is 22.1 Å². The number of aryl methyl sites for hydroxylation is 3. The third-order valence-electron chi connectivity index (χ3n) is 5.24. The number of rotatable bonds is 4. The van der Waals surface area contributed by atoms with Gasteiger partial charge in [0.2, 0.25) is 0 Å². The summed E-state index contributed by atoms with van der Waals surface area (Å²) in [5, 5.41) is 3.12. The van der Waals surface area contributed by atoms with Crippen molar-refractivity contribution >= 4 is 22.4 Å². The molecule has 2 aromatic carbocycles. The van der Waals surface area contributed by atoms with E-state index in [0.29, 0.717) is 15.9 Å². The van der Waals surface area contributed by atoms with Gasteiger partial charge >= 0.3 is 5.69 Å². The van der Waals surface area contributed by atoms with Crippen molar-refractivity contribution in [2.45, 2.75) is 20.6 Å². The molecule has 0 saturated carbocycles. The topological polar surface area (TPSA) is 78.0 Å². The van der Waals surface area contributed by atoms with Crippen molar-refractivity contribution in [2.24, 2.45) is 7.05 Å². The molecule has 0 aliphatic heterocycles. The number of hydrogen-bond donors (Lipinski definition) is 1. The van der Waals surface area contributed by atoms with Crippen LogP contribution in [-0.4, -0.2) is 13.7 Å². The van der Waals surface area contributed by atoms with E-state index < -0.39 is 23.6 Å². The number of benzene rings is 2. The van der Waals surface area contributed by atoms with Crippen molar-refractivity contribution in [2.75, 3.05) is 5.32 Å². The summed E-state index contributed by atoms with van der Waals surface area (Å²) in [5.74, 6) is 0. The molecule has 0 atom stereocenters. The first-order valence-corrected chi connectivity index (χ1v) is 9.68. The summed E-state index contributed by atoms with van der Waals surface area (Å²) in [7, 11) is 1.48. The van der Waals surface area contributed by atoms with Crippen LogP contribution in [0.15, 0.2) is 69.0 Å². The van der Waals surface area contributed by atoms with Gasteiger partial charge in [0.05, 0.1) is 11.4 Å². The van der Waals surface area contributed by atoms with Crippen LogP contribution in [0.4, 0.5) is 15.8 Å². The lowest BCUT2D eigenvalue weighted by Gasteiger charge is -2.18. The highest BCUT2D eigenvalue weighted by Gasteiger charge is 2.20. The number of aromatic nitrogens is 3. The molecule has 8 heteroatoms. The van der Waals surface area contributed by atoms with Gasteiger partial charge in [-0.25, -0.2) is 18.3 Å². The zero-order valence-electron chi connectivity index (χ0n) is 17.3. The smallest absolute Gasteiger partial charge is 0.339 e. The molecule has 0 bridgehead atoms. The monoisotopic (exact) mass is 420 g/mol. The molecule has 0 aliphatic carbocycles. The third-order valence-corrected chi connectivity index (χ3v) is 5.24. The molecular weight excluding hydrogens is 399 g/mol. The van der Waals surface area contributed by atoms with Crippen LogP contribution in [0.3, 0.4) is 0 Å². The zero-order chi connectivity index (χ0) is 22.3. The maximum absolute atomic E-state index is 13.8. The molecular formula is C23H21FN4O3. The van der Waals surface area contributed by atoms with E-state index in [0.717, 1.165) is 11.1 Å². The van der Waals surface area contributed by atoms with E-state index in [4.69, 9.17) is 0 Å². The average molecular weight is 420 g/mol.